The summed E-state index contributed by atoms with van der Waals surface area (Å²) in [5, 5.41) is 8.83. The van der Waals surface area contributed by atoms with Crippen molar-refractivity contribution >= 4 is 0 Å². The lowest BCUT2D eigenvalue weighted by Gasteiger charge is -2.06. The Morgan fingerprint density at radius 3 is 2.50 bits per heavy atom. The van der Waals surface area contributed by atoms with Crippen LogP contribution in [0, 0.1) is 0 Å². The van der Waals surface area contributed by atoms with Crippen molar-refractivity contribution in [1.29, 1.82) is 0 Å². The molecule has 2 nitrogen and oxygen atoms in total. The minimum Gasteiger partial charge on any atom is -0.368 e. The molecule has 0 saturated heterocycles. The third-order valence-electron chi connectivity index (χ3n) is 0.895. The van der Waals surface area contributed by atoms with Crippen LogP contribution in [0.4, 0.5) is 0 Å². The van der Waals surface area contributed by atoms with Crippen molar-refractivity contribution < 1.29 is 9.84 Å². The van der Waals surface area contributed by atoms with Crippen LogP contribution in [0.15, 0.2) is 0 Å². The van der Waals surface area contributed by atoms with Crippen molar-refractivity contribution in [3.8, 4) is 0 Å². The Labute approximate surface area is 50.5 Å². The first-order chi connectivity index (χ1) is 3.81. The maximum atomic E-state index is 8.83. The summed E-state index contributed by atoms with van der Waals surface area (Å²) in [6.45, 7) is 4.49. The fourth-order valence-corrected chi connectivity index (χ4v) is 0.523. The van der Waals surface area contributed by atoms with Crippen LogP contribution in [0.1, 0.15) is 26.7 Å². The van der Waals surface area contributed by atoms with Crippen LogP contribution in [0.5, 0.6) is 0 Å². The van der Waals surface area contributed by atoms with Gasteiger partial charge in [-0.3, -0.25) is 0 Å². The van der Waals surface area contributed by atoms with Gasteiger partial charge in [0.15, 0.2) is 6.29 Å². The molecule has 0 aromatic carbocycles. The van der Waals surface area contributed by atoms with Crippen LogP contribution in [0.25, 0.3) is 0 Å². The molecule has 0 bridgehead atoms. The van der Waals surface area contributed by atoms with Gasteiger partial charge in [-0.05, 0) is 13.3 Å². The second-order valence-corrected chi connectivity index (χ2v) is 1.70. The number of aliphatic hydroxyl groups is 1. The maximum absolute atomic E-state index is 8.83. The first-order valence-corrected chi connectivity index (χ1v) is 3.11. The van der Waals surface area contributed by atoms with Crippen LogP contribution >= 0.6 is 0 Å². The average Bonchev–Trinajstić information content (AvgIpc) is 1.68. The largest absolute Gasteiger partial charge is 0.368 e. The number of hydrogen-bond acceptors (Lipinski definition) is 2. The van der Waals surface area contributed by atoms with Gasteiger partial charge in [0.1, 0.15) is 0 Å². The van der Waals surface area contributed by atoms with E-state index in [4.69, 9.17) is 9.84 Å². The Bertz CT molecular complexity index is 39.8. The molecule has 0 aromatic heterocycles. The Morgan fingerprint density at radius 1 is 1.50 bits per heavy atom. The predicted octanol–water partition coefficient (Wildman–Crippen LogP) is 1.14. The van der Waals surface area contributed by atoms with E-state index in [1.54, 1.807) is 0 Å². The quantitative estimate of drug-likeness (QED) is 0.561. The molecule has 0 heterocycles. The molecule has 0 aliphatic rings. The summed E-state index contributed by atoms with van der Waals surface area (Å²) in [6, 6.07) is 0. The van der Waals surface area contributed by atoms with E-state index in [2.05, 4.69) is 0 Å². The maximum Gasteiger partial charge on any atom is 0.154 e. The summed E-state index contributed by atoms with van der Waals surface area (Å²) >= 11 is 0. The molecule has 0 aliphatic carbocycles. The van der Waals surface area contributed by atoms with E-state index in [1.165, 1.54) is 0 Å². The highest BCUT2D eigenvalue weighted by Crippen LogP contribution is 1.95. The van der Waals surface area contributed by atoms with Crippen LogP contribution in [-0.4, -0.2) is 18.0 Å². The van der Waals surface area contributed by atoms with Gasteiger partial charge in [-0.2, -0.15) is 0 Å². The van der Waals surface area contributed by atoms with Gasteiger partial charge in [-0.1, -0.05) is 13.3 Å². The minimum atomic E-state index is -0.537. The number of hydrogen-bond donors (Lipinski definition) is 1. The molecule has 1 atom stereocenters. The van der Waals surface area contributed by atoms with Crippen molar-refractivity contribution in [1.82, 2.24) is 0 Å². The molecule has 0 aromatic rings. The smallest absolute Gasteiger partial charge is 0.154 e. The predicted molar refractivity (Wildman–Crippen MR) is 32.5 cm³/mol. The molecule has 1 unspecified atom stereocenters. The van der Waals surface area contributed by atoms with Crippen molar-refractivity contribution in [2.24, 2.45) is 0 Å². The molecular formula is C6H14O2. The van der Waals surface area contributed by atoms with E-state index in [0.29, 0.717) is 6.61 Å². The number of ether oxygens (including phenoxy) is 1. The highest BCUT2D eigenvalue weighted by Gasteiger charge is 1.97. The van der Waals surface area contributed by atoms with Gasteiger partial charge < -0.3 is 9.84 Å². The van der Waals surface area contributed by atoms with Gasteiger partial charge in [-0.25, -0.2) is 0 Å². The first kappa shape index (κ1) is 7.92. The molecule has 2 heteroatoms. The van der Waals surface area contributed by atoms with Gasteiger partial charge in [0.25, 0.3) is 0 Å². The van der Waals surface area contributed by atoms with Crippen molar-refractivity contribution in [3.05, 3.63) is 0 Å². The molecule has 0 saturated carbocycles. The van der Waals surface area contributed by atoms with E-state index in [0.717, 1.165) is 12.8 Å². The molecule has 50 valence electrons. The minimum absolute atomic E-state index is 0.537. The lowest BCUT2D eigenvalue weighted by molar-refractivity contribution is -0.0985. The van der Waals surface area contributed by atoms with Crippen molar-refractivity contribution in [2.75, 3.05) is 6.61 Å². The van der Waals surface area contributed by atoms with Gasteiger partial charge in [0.2, 0.25) is 0 Å². The molecule has 1 N–H and O–H groups in total. The van der Waals surface area contributed by atoms with Gasteiger partial charge in [0.05, 0.1) is 0 Å². The van der Waals surface area contributed by atoms with Gasteiger partial charge in [0, 0.05) is 6.61 Å². The van der Waals surface area contributed by atoms with Crippen LogP contribution < -0.4 is 0 Å². The summed E-state index contributed by atoms with van der Waals surface area (Å²) in [5.41, 5.74) is 0. The normalized spacial score (nSPS) is 13.9. The third-order valence-corrected chi connectivity index (χ3v) is 0.895. The average molecular weight is 118 g/mol. The van der Waals surface area contributed by atoms with Gasteiger partial charge in [-0.15, -0.1) is 0 Å². The lowest BCUT2D eigenvalue weighted by Crippen LogP contribution is -2.10. The second kappa shape index (κ2) is 5.06. The molecule has 0 radical (unpaired) electrons. The van der Waals surface area contributed by atoms with Crippen molar-refractivity contribution in [2.45, 2.75) is 33.0 Å². The lowest BCUT2D eigenvalue weighted by atomic mass is 10.3. The Balaban J connectivity index is 2.92. The Hall–Kier alpha value is -0.0800. The molecule has 0 fully saturated rings. The van der Waals surface area contributed by atoms with Crippen LogP contribution in [0.2, 0.25) is 0 Å². The Kier molecular flexibility index (Phi) is 5.01. The van der Waals surface area contributed by atoms with E-state index >= 15 is 0 Å². The summed E-state index contributed by atoms with van der Waals surface area (Å²) in [4.78, 5) is 0. The standard InChI is InChI=1S/C6H14O2/c1-3-5-6(7)8-4-2/h6-7H,3-5H2,1-2H3. The van der Waals surface area contributed by atoms with Crippen molar-refractivity contribution in [3.63, 3.8) is 0 Å². The van der Waals surface area contributed by atoms with Gasteiger partial charge >= 0.3 is 0 Å². The molecule has 0 spiro atoms. The fourth-order valence-electron chi connectivity index (χ4n) is 0.523. The molecule has 0 amide bonds. The number of rotatable bonds is 4. The topological polar surface area (TPSA) is 29.5 Å². The highest BCUT2D eigenvalue weighted by molar-refractivity contribution is 4.36. The fraction of sp³-hybridized carbons (Fsp3) is 1.00. The molecule has 8 heavy (non-hydrogen) atoms. The summed E-state index contributed by atoms with van der Waals surface area (Å²) < 4.78 is 4.84. The van der Waals surface area contributed by atoms with E-state index < -0.39 is 6.29 Å². The molecule has 0 rings (SSSR count). The number of aliphatic hydroxyl groups excluding tert-OH is 1. The highest BCUT2D eigenvalue weighted by atomic mass is 16.6. The van der Waals surface area contributed by atoms with E-state index in [9.17, 15) is 0 Å². The Morgan fingerprint density at radius 2 is 2.12 bits per heavy atom. The summed E-state index contributed by atoms with van der Waals surface area (Å²) in [7, 11) is 0. The van der Waals surface area contributed by atoms with Crippen LogP contribution in [-0.2, 0) is 4.74 Å². The summed E-state index contributed by atoms with van der Waals surface area (Å²) in [6.07, 6.45) is 1.18. The monoisotopic (exact) mass is 118 g/mol. The molecular weight excluding hydrogens is 104 g/mol. The SMILES string of the molecule is CCCC(O)OCC. The zero-order valence-electron chi connectivity index (χ0n) is 5.55. The van der Waals surface area contributed by atoms with Crippen LogP contribution in [0.3, 0.4) is 0 Å². The zero-order chi connectivity index (χ0) is 6.41. The summed E-state index contributed by atoms with van der Waals surface area (Å²) in [5.74, 6) is 0. The molecule has 0 aliphatic heterocycles. The van der Waals surface area contributed by atoms with E-state index in [-0.39, 0.29) is 0 Å². The zero-order valence-corrected chi connectivity index (χ0v) is 5.55. The third kappa shape index (κ3) is 4.09. The second-order valence-electron chi connectivity index (χ2n) is 1.70. The van der Waals surface area contributed by atoms with E-state index in [1.807, 2.05) is 13.8 Å². The first-order valence-electron chi connectivity index (χ1n) is 3.11.